The number of carbonyl (C=O) groups excluding carboxylic acids is 1. The third-order valence-corrected chi connectivity index (χ3v) is 2.38. The van der Waals surface area contributed by atoms with Crippen LogP contribution in [0.15, 0.2) is 65.8 Å². The summed E-state index contributed by atoms with van der Waals surface area (Å²) in [5.41, 5.74) is 1.05. The Morgan fingerprint density at radius 2 is 1.47 bits per heavy atom. The van der Waals surface area contributed by atoms with Gasteiger partial charge < -0.3 is 4.84 Å². The van der Waals surface area contributed by atoms with Crippen molar-refractivity contribution in [3.63, 3.8) is 0 Å². The van der Waals surface area contributed by atoms with Crippen molar-refractivity contribution in [1.82, 2.24) is 0 Å². The van der Waals surface area contributed by atoms with Crippen LogP contribution in [-0.2, 0) is 4.84 Å². The smallest absolute Gasteiger partial charge is 0.311 e. The van der Waals surface area contributed by atoms with Crippen LogP contribution in [-0.4, -0.2) is 11.7 Å². The number of rotatable bonds is 3. The molecule has 2 aromatic carbocycles. The van der Waals surface area contributed by atoms with Gasteiger partial charge in [-0.15, -0.1) is 0 Å². The fourth-order valence-corrected chi connectivity index (χ4v) is 1.45. The van der Waals surface area contributed by atoms with Crippen LogP contribution in [0.3, 0.4) is 0 Å². The maximum absolute atomic E-state index is 11.7. The summed E-state index contributed by atoms with van der Waals surface area (Å²) in [6.45, 7) is 0. The number of nitriles is 1. The van der Waals surface area contributed by atoms with E-state index in [4.69, 9.17) is 10.1 Å². The third-order valence-electron chi connectivity index (χ3n) is 2.38. The lowest BCUT2D eigenvalue weighted by Gasteiger charge is -1.99. The van der Waals surface area contributed by atoms with Crippen molar-refractivity contribution >= 4 is 11.7 Å². The summed E-state index contributed by atoms with van der Waals surface area (Å²) >= 11 is 0. The van der Waals surface area contributed by atoms with Gasteiger partial charge in [0.2, 0.25) is 0 Å². The van der Waals surface area contributed by atoms with E-state index in [0.29, 0.717) is 11.1 Å². The highest BCUT2D eigenvalue weighted by molar-refractivity contribution is 6.11. The van der Waals surface area contributed by atoms with Gasteiger partial charge >= 0.3 is 5.97 Å². The standard InChI is InChI=1S/C15H10N2O2/c16-11-14(12-7-3-1-4-8-12)17-19-15(18)13-9-5-2-6-10-13/h1-10H/b17-14+. The molecule has 19 heavy (non-hydrogen) atoms. The predicted molar refractivity (Wildman–Crippen MR) is 70.4 cm³/mol. The Bertz CT molecular complexity index is 628. The molecule has 0 saturated carbocycles. The molecule has 0 saturated heterocycles. The Hall–Kier alpha value is -2.93. The summed E-state index contributed by atoms with van der Waals surface area (Å²) in [6.07, 6.45) is 0. The van der Waals surface area contributed by atoms with Crippen LogP contribution in [0.25, 0.3) is 0 Å². The summed E-state index contributed by atoms with van der Waals surface area (Å²) < 4.78 is 0. The van der Waals surface area contributed by atoms with E-state index in [1.165, 1.54) is 0 Å². The molecule has 0 aliphatic rings. The normalized spacial score (nSPS) is 10.6. The highest BCUT2D eigenvalue weighted by Crippen LogP contribution is 2.04. The molecule has 0 spiro atoms. The van der Waals surface area contributed by atoms with Crippen molar-refractivity contribution in [3.05, 3.63) is 71.8 Å². The molecule has 4 nitrogen and oxygen atoms in total. The van der Waals surface area contributed by atoms with E-state index < -0.39 is 5.97 Å². The van der Waals surface area contributed by atoms with Gasteiger partial charge in [-0.1, -0.05) is 53.7 Å². The summed E-state index contributed by atoms with van der Waals surface area (Å²) in [5.74, 6) is -0.593. The molecule has 0 aromatic heterocycles. The SMILES string of the molecule is N#C/C(=N\OC(=O)c1ccccc1)c1ccccc1. The van der Waals surface area contributed by atoms with Gasteiger partial charge in [-0.05, 0) is 12.1 Å². The van der Waals surface area contributed by atoms with Gasteiger partial charge in [0, 0.05) is 5.56 Å². The second-order valence-corrected chi connectivity index (χ2v) is 3.66. The van der Waals surface area contributed by atoms with Crippen LogP contribution < -0.4 is 0 Å². The molecule has 4 heteroatoms. The number of carbonyl (C=O) groups is 1. The van der Waals surface area contributed by atoms with Crippen LogP contribution in [0, 0.1) is 11.3 Å². The topological polar surface area (TPSA) is 62.4 Å². The number of oxime groups is 1. The van der Waals surface area contributed by atoms with Crippen molar-refractivity contribution in [2.24, 2.45) is 5.16 Å². The minimum Gasteiger partial charge on any atom is -0.311 e. The first kappa shape index (κ1) is 12.5. The highest BCUT2D eigenvalue weighted by Gasteiger charge is 2.08. The first-order valence-electron chi connectivity index (χ1n) is 5.61. The minimum absolute atomic E-state index is 0.0601. The molecular formula is C15H10N2O2. The van der Waals surface area contributed by atoms with Gasteiger partial charge in [-0.25, -0.2) is 4.79 Å². The average Bonchev–Trinajstić information content (AvgIpc) is 2.49. The zero-order valence-electron chi connectivity index (χ0n) is 9.98. The Labute approximate surface area is 110 Å². The van der Waals surface area contributed by atoms with E-state index in [1.54, 1.807) is 54.6 Å². The second-order valence-electron chi connectivity index (χ2n) is 3.66. The Morgan fingerprint density at radius 1 is 0.947 bits per heavy atom. The maximum Gasteiger partial charge on any atom is 0.365 e. The van der Waals surface area contributed by atoms with Gasteiger partial charge in [-0.2, -0.15) is 5.26 Å². The fourth-order valence-electron chi connectivity index (χ4n) is 1.45. The average molecular weight is 250 g/mol. The van der Waals surface area contributed by atoms with Crippen LogP contribution in [0.5, 0.6) is 0 Å². The van der Waals surface area contributed by atoms with Gasteiger partial charge in [0.25, 0.3) is 0 Å². The molecule has 0 unspecified atom stereocenters. The first-order chi connectivity index (χ1) is 9.31. The predicted octanol–water partition coefficient (Wildman–Crippen LogP) is 2.77. The molecule has 0 aliphatic carbocycles. The van der Waals surface area contributed by atoms with Crippen molar-refractivity contribution in [2.75, 3.05) is 0 Å². The molecule has 0 atom stereocenters. The molecule has 0 amide bonds. The summed E-state index contributed by atoms with van der Waals surface area (Å²) in [7, 11) is 0. The molecule has 0 radical (unpaired) electrons. The molecular weight excluding hydrogens is 240 g/mol. The zero-order valence-corrected chi connectivity index (χ0v) is 9.98. The summed E-state index contributed by atoms with van der Waals surface area (Å²) in [4.78, 5) is 16.4. The van der Waals surface area contributed by atoms with Crippen molar-refractivity contribution in [2.45, 2.75) is 0 Å². The molecule has 0 N–H and O–H groups in total. The quantitative estimate of drug-likeness (QED) is 0.478. The van der Waals surface area contributed by atoms with Crippen molar-refractivity contribution < 1.29 is 9.63 Å². The van der Waals surface area contributed by atoms with Gasteiger partial charge in [-0.3, -0.25) is 0 Å². The minimum atomic E-state index is -0.593. The largest absolute Gasteiger partial charge is 0.365 e. The highest BCUT2D eigenvalue weighted by atomic mass is 16.7. The monoisotopic (exact) mass is 250 g/mol. The zero-order chi connectivity index (χ0) is 13.5. The molecule has 0 aliphatic heterocycles. The van der Waals surface area contributed by atoms with E-state index in [9.17, 15) is 4.79 Å². The fraction of sp³-hybridized carbons (Fsp3) is 0. The summed E-state index contributed by atoms with van der Waals surface area (Å²) in [5, 5.41) is 12.6. The van der Waals surface area contributed by atoms with Gasteiger partial charge in [0.1, 0.15) is 6.07 Å². The molecule has 0 heterocycles. The maximum atomic E-state index is 11.7. The van der Waals surface area contributed by atoms with Crippen LogP contribution >= 0.6 is 0 Å². The number of nitrogens with zero attached hydrogens (tertiary/aromatic N) is 2. The molecule has 92 valence electrons. The van der Waals surface area contributed by atoms with Crippen LogP contribution in [0.4, 0.5) is 0 Å². The summed E-state index contributed by atoms with van der Waals surface area (Å²) in [6, 6.07) is 19.2. The third kappa shape index (κ3) is 3.27. The molecule has 0 fully saturated rings. The Kier molecular flexibility index (Phi) is 4.04. The lowest BCUT2D eigenvalue weighted by atomic mass is 10.1. The lowest BCUT2D eigenvalue weighted by Crippen LogP contribution is -2.04. The van der Waals surface area contributed by atoms with Crippen LogP contribution in [0.1, 0.15) is 15.9 Å². The van der Waals surface area contributed by atoms with E-state index >= 15 is 0 Å². The van der Waals surface area contributed by atoms with E-state index in [2.05, 4.69) is 5.16 Å². The molecule has 0 bridgehead atoms. The van der Waals surface area contributed by atoms with E-state index in [-0.39, 0.29) is 5.71 Å². The molecule has 2 aromatic rings. The molecule has 2 rings (SSSR count). The Balaban J connectivity index is 2.14. The van der Waals surface area contributed by atoms with Crippen molar-refractivity contribution in [1.29, 1.82) is 5.26 Å². The first-order valence-corrected chi connectivity index (χ1v) is 5.61. The van der Waals surface area contributed by atoms with E-state index in [0.717, 1.165) is 0 Å². The van der Waals surface area contributed by atoms with Crippen LogP contribution in [0.2, 0.25) is 0 Å². The van der Waals surface area contributed by atoms with Gasteiger partial charge in [0.15, 0.2) is 5.71 Å². The van der Waals surface area contributed by atoms with Crippen molar-refractivity contribution in [3.8, 4) is 6.07 Å². The number of hydrogen-bond donors (Lipinski definition) is 0. The van der Waals surface area contributed by atoms with E-state index in [1.807, 2.05) is 12.1 Å². The Morgan fingerprint density at radius 3 is 2.00 bits per heavy atom. The van der Waals surface area contributed by atoms with Gasteiger partial charge in [0.05, 0.1) is 5.56 Å². The number of benzene rings is 2. The second kappa shape index (κ2) is 6.12. The lowest BCUT2D eigenvalue weighted by molar-refractivity contribution is 0.0517. The number of hydrogen-bond acceptors (Lipinski definition) is 4.